The first-order valence-corrected chi connectivity index (χ1v) is 4.13. The molecule has 0 saturated carbocycles. The maximum atomic E-state index is 12.8. The fourth-order valence-electron chi connectivity index (χ4n) is 0.958. The second-order valence-electron chi connectivity index (χ2n) is 2.61. The van der Waals surface area contributed by atoms with Crippen molar-refractivity contribution >= 4 is 12.0 Å². The molecule has 0 aliphatic rings. The maximum absolute atomic E-state index is 12.8. The Morgan fingerprint density at radius 3 is 2.87 bits per heavy atom. The predicted molar refractivity (Wildman–Crippen MR) is 51.8 cm³/mol. The van der Waals surface area contributed by atoms with E-state index < -0.39 is 11.8 Å². The summed E-state index contributed by atoms with van der Waals surface area (Å²) in [6, 6.07) is 1.21. The van der Waals surface area contributed by atoms with E-state index >= 15 is 0 Å². The van der Waals surface area contributed by atoms with Crippen LogP contribution in [0, 0.1) is 5.82 Å². The molecule has 0 atom stereocenters. The quantitative estimate of drug-likeness (QED) is 0.560. The number of ether oxygens (including phenoxy) is 2. The van der Waals surface area contributed by atoms with E-state index in [0.29, 0.717) is 5.56 Å². The van der Waals surface area contributed by atoms with Crippen molar-refractivity contribution in [3.8, 4) is 5.88 Å². The molecule has 1 heterocycles. The average Bonchev–Trinajstić information content (AvgIpc) is 2.26. The highest BCUT2D eigenvalue weighted by atomic mass is 19.1. The second-order valence-corrected chi connectivity index (χ2v) is 2.61. The Morgan fingerprint density at radius 1 is 1.53 bits per heavy atom. The van der Waals surface area contributed by atoms with E-state index in [9.17, 15) is 9.18 Å². The molecule has 0 radical (unpaired) electrons. The van der Waals surface area contributed by atoms with E-state index in [1.165, 1.54) is 32.4 Å². The smallest absolute Gasteiger partial charge is 0.330 e. The van der Waals surface area contributed by atoms with Gasteiger partial charge in [-0.15, -0.1) is 0 Å². The minimum Gasteiger partial charge on any atom is -0.481 e. The summed E-state index contributed by atoms with van der Waals surface area (Å²) in [6.07, 6.45) is 3.58. The van der Waals surface area contributed by atoms with Crippen LogP contribution >= 0.6 is 0 Å². The molecule has 0 amide bonds. The maximum Gasteiger partial charge on any atom is 0.330 e. The van der Waals surface area contributed by atoms with E-state index in [0.717, 1.165) is 6.20 Å². The van der Waals surface area contributed by atoms with Gasteiger partial charge in [0, 0.05) is 11.6 Å². The summed E-state index contributed by atoms with van der Waals surface area (Å²) in [5.41, 5.74) is 0.378. The second kappa shape index (κ2) is 5.09. The van der Waals surface area contributed by atoms with Crippen LogP contribution in [0.2, 0.25) is 0 Å². The van der Waals surface area contributed by atoms with Gasteiger partial charge in [0.25, 0.3) is 0 Å². The van der Waals surface area contributed by atoms with Crippen LogP contribution < -0.4 is 4.74 Å². The molecule has 0 N–H and O–H groups in total. The van der Waals surface area contributed by atoms with Gasteiger partial charge in [0.1, 0.15) is 5.82 Å². The molecule has 0 aliphatic carbocycles. The Bertz CT molecular complexity index is 390. The highest BCUT2D eigenvalue weighted by Gasteiger charge is 2.03. The Labute approximate surface area is 86.3 Å². The summed E-state index contributed by atoms with van der Waals surface area (Å²) in [5.74, 6) is -0.779. The monoisotopic (exact) mass is 211 g/mol. The zero-order valence-electron chi connectivity index (χ0n) is 8.36. The molecule has 0 bridgehead atoms. The van der Waals surface area contributed by atoms with Crippen molar-refractivity contribution in [2.45, 2.75) is 0 Å². The first kappa shape index (κ1) is 11.2. The topological polar surface area (TPSA) is 48.4 Å². The van der Waals surface area contributed by atoms with Crippen LogP contribution in [-0.4, -0.2) is 25.2 Å². The molecular weight excluding hydrogens is 201 g/mol. The third kappa shape index (κ3) is 3.05. The molecule has 80 valence electrons. The van der Waals surface area contributed by atoms with Gasteiger partial charge in [0.2, 0.25) is 5.88 Å². The highest BCUT2D eigenvalue weighted by Crippen LogP contribution is 2.17. The highest BCUT2D eigenvalue weighted by molar-refractivity contribution is 5.87. The van der Waals surface area contributed by atoms with Gasteiger partial charge in [-0.3, -0.25) is 0 Å². The number of carbonyl (C=O) groups is 1. The number of methoxy groups -OCH3 is 2. The zero-order chi connectivity index (χ0) is 11.3. The average molecular weight is 211 g/mol. The van der Waals surface area contributed by atoms with Gasteiger partial charge in [-0.1, -0.05) is 0 Å². The molecule has 0 unspecified atom stereocenters. The summed E-state index contributed by atoms with van der Waals surface area (Å²) < 4.78 is 22.1. The molecule has 0 spiro atoms. The number of pyridine rings is 1. The lowest BCUT2D eigenvalue weighted by Gasteiger charge is -2.02. The Kier molecular flexibility index (Phi) is 3.79. The number of halogens is 1. The summed E-state index contributed by atoms with van der Waals surface area (Å²) in [7, 11) is 2.67. The van der Waals surface area contributed by atoms with Gasteiger partial charge in [-0.2, -0.15) is 0 Å². The van der Waals surface area contributed by atoms with Crippen molar-refractivity contribution in [3.63, 3.8) is 0 Å². The van der Waals surface area contributed by atoms with Crippen molar-refractivity contribution in [3.05, 3.63) is 29.7 Å². The largest absolute Gasteiger partial charge is 0.481 e. The minimum atomic E-state index is -0.527. The van der Waals surface area contributed by atoms with E-state index in [1.807, 2.05) is 0 Å². The van der Waals surface area contributed by atoms with E-state index in [2.05, 4.69) is 9.72 Å². The standard InChI is InChI=1S/C10H10FNO3/c1-14-9(13)4-3-7-5-8(11)6-12-10(7)15-2/h3-6H,1-2H3. The van der Waals surface area contributed by atoms with E-state index in [4.69, 9.17) is 4.74 Å². The molecule has 1 rings (SSSR count). The van der Waals surface area contributed by atoms with E-state index in [1.54, 1.807) is 0 Å². The van der Waals surface area contributed by atoms with Crippen molar-refractivity contribution in [1.29, 1.82) is 0 Å². The molecule has 15 heavy (non-hydrogen) atoms. The van der Waals surface area contributed by atoms with Crippen LogP contribution in [0.15, 0.2) is 18.3 Å². The third-order valence-electron chi connectivity index (χ3n) is 1.64. The van der Waals surface area contributed by atoms with Gasteiger partial charge < -0.3 is 9.47 Å². The van der Waals surface area contributed by atoms with Gasteiger partial charge in [0.15, 0.2) is 0 Å². The van der Waals surface area contributed by atoms with Crippen molar-refractivity contribution in [1.82, 2.24) is 4.98 Å². The number of hydrogen-bond acceptors (Lipinski definition) is 4. The Hall–Kier alpha value is -1.91. The van der Waals surface area contributed by atoms with Crippen LogP contribution in [0.3, 0.4) is 0 Å². The summed E-state index contributed by atoms with van der Waals surface area (Å²) in [5, 5.41) is 0. The Balaban J connectivity index is 2.96. The van der Waals surface area contributed by atoms with Crippen LogP contribution in [0.25, 0.3) is 6.08 Å². The SMILES string of the molecule is COC(=O)C=Cc1cc(F)cnc1OC. The molecule has 0 saturated heterocycles. The lowest BCUT2D eigenvalue weighted by Crippen LogP contribution is -1.95. The fourth-order valence-corrected chi connectivity index (χ4v) is 0.958. The molecule has 1 aromatic heterocycles. The zero-order valence-corrected chi connectivity index (χ0v) is 8.36. The number of nitrogens with zero attached hydrogens (tertiary/aromatic N) is 1. The van der Waals surface area contributed by atoms with Crippen LogP contribution in [0.1, 0.15) is 5.56 Å². The summed E-state index contributed by atoms with van der Waals surface area (Å²) in [6.45, 7) is 0. The molecule has 0 aliphatic heterocycles. The van der Waals surface area contributed by atoms with Crippen molar-refractivity contribution in [2.24, 2.45) is 0 Å². The van der Waals surface area contributed by atoms with Crippen LogP contribution in [0.5, 0.6) is 5.88 Å². The number of hydrogen-bond donors (Lipinski definition) is 0. The molecule has 0 aromatic carbocycles. The molecule has 0 fully saturated rings. The van der Waals surface area contributed by atoms with Gasteiger partial charge in [-0.05, 0) is 12.1 Å². The third-order valence-corrected chi connectivity index (χ3v) is 1.64. The number of esters is 1. The molecular formula is C10H10FNO3. The molecule has 1 aromatic rings. The first-order valence-electron chi connectivity index (χ1n) is 4.13. The minimum absolute atomic E-state index is 0.247. The normalized spacial score (nSPS) is 10.3. The lowest BCUT2D eigenvalue weighted by molar-refractivity contribution is -0.134. The van der Waals surface area contributed by atoms with Crippen molar-refractivity contribution < 1.29 is 18.7 Å². The summed E-state index contributed by atoms with van der Waals surface area (Å²) >= 11 is 0. The predicted octanol–water partition coefficient (Wildman–Crippen LogP) is 1.42. The lowest BCUT2D eigenvalue weighted by atomic mass is 10.2. The van der Waals surface area contributed by atoms with Gasteiger partial charge in [0.05, 0.1) is 20.4 Å². The number of rotatable bonds is 3. The van der Waals surface area contributed by atoms with Crippen LogP contribution in [0.4, 0.5) is 4.39 Å². The van der Waals surface area contributed by atoms with Gasteiger partial charge in [-0.25, -0.2) is 14.2 Å². The summed E-state index contributed by atoms with van der Waals surface area (Å²) in [4.78, 5) is 14.5. The number of carbonyl (C=O) groups excluding carboxylic acids is 1. The molecule has 4 nitrogen and oxygen atoms in total. The van der Waals surface area contributed by atoms with Gasteiger partial charge >= 0.3 is 5.97 Å². The van der Waals surface area contributed by atoms with Crippen molar-refractivity contribution in [2.75, 3.05) is 14.2 Å². The van der Waals surface area contributed by atoms with Crippen LogP contribution in [-0.2, 0) is 9.53 Å². The Morgan fingerprint density at radius 2 is 2.27 bits per heavy atom. The number of aromatic nitrogens is 1. The molecule has 5 heteroatoms. The fraction of sp³-hybridized carbons (Fsp3) is 0.200. The first-order chi connectivity index (χ1) is 7.17. The van der Waals surface area contributed by atoms with E-state index in [-0.39, 0.29) is 5.88 Å².